The highest BCUT2D eigenvalue weighted by molar-refractivity contribution is 6.32. The van der Waals surface area contributed by atoms with E-state index in [2.05, 4.69) is 38.1 Å². The van der Waals surface area contributed by atoms with E-state index in [-0.39, 0.29) is 12.0 Å². The molecule has 19 heavy (non-hydrogen) atoms. The van der Waals surface area contributed by atoms with Gasteiger partial charge in [0.15, 0.2) is 0 Å². The van der Waals surface area contributed by atoms with Crippen LogP contribution in [0.2, 0.25) is 0 Å². The van der Waals surface area contributed by atoms with Gasteiger partial charge in [0.1, 0.15) is 6.04 Å². The fourth-order valence-corrected chi connectivity index (χ4v) is 2.95. The third kappa shape index (κ3) is 2.14. The second-order valence-electron chi connectivity index (χ2n) is 4.96. The number of pyridine rings is 1. The molecule has 1 aliphatic carbocycles. The molecular formula is C16H17ClN2. The molecule has 3 rings (SSSR count). The van der Waals surface area contributed by atoms with E-state index >= 15 is 0 Å². The van der Waals surface area contributed by atoms with Crippen LogP contribution >= 0.6 is 11.6 Å². The van der Waals surface area contributed by atoms with Crippen LogP contribution in [0, 0.1) is 5.92 Å². The lowest BCUT2D eigenvalue weighted by molar-refractivity contribution is 0.578. The molecule has 0 spiro atoms. The summed E-state index contributed by atoms with van der Waals surface area (Å²) in [5, 5.41) is 0.877. The third-order valence-corrected chi connectivity index (χ3v) is 4.13. The largest absolute Gasteiger partial charge is 0.279 e. The van der Waals surface area contributed by atoms with Gasteiger partial charge < -0.3 is 0 Å². The first-order valence-electron chi connectivity index (χ1n) is 6.84. The Hall–Kier alpha value is -1.41. The molecular weight excluding hydrogens is 256 g/mol. The minimum Gasteiger partial charge on any atom is -0.279 e. The molecule has 2 nitrogen and oxygen atoms in total. The summed E-state index contributed by atoms with van der Waals surface area (Å²) < 4.78 is 0. The van der Waals surface area contributed by atoms with Crippen LogP contribution in [0.5, 0.6) is 0 Å². The van der Waals surface area contributed by atoms with Crippen molar-refractivity contribution in [3.8, 4) is 0 Å². The Morgan fingerprint density at radius 1 is 1.21 bits per heavy atom. The van der Waals surface area contributed by atoms with Crippen molar-refractivity contribution in [2.75, 3.05) is 0 Å². The number of halogens is 1. The van der Waals surface area contributed by atoms with E-state index in [9.17, 15) is 0 Å². The summed E-state index contributed by atoms with van der Waals surface area (Å²) >= 11 is 6.41. The van der Waals surface area contributed by atoms with Crippen molar-refractivity contribution in [3.05, 3.63) is 46.3 Å². The number of rotatable bonds is 2. The number of hydrogen-bond acceptors (Lipinski definition) is 2. The zero-order valence-electron chi connectivity index (χ0n) is 11.2. The molecule has 0 amide bonds. The minimum atomic E-state index is 0.0546. The van der Waals surface area contributed by atoms with E-state index in [1.54, 1.807) is 0 Å². The molecule has 2 atom stereocenters. The van der Waals surface area contributed by atoms with Crippen LogP contribution < -0.4 is 0 Å². The molecule has 98 valence electrons. The van der Waals surface area contributed by atoms with Gasteiger partial charge in [0.2, 0.25) is 0 Å². The maximum atomic E-state index is 6.41. The Morgan fingerprint density at radius 2 is 2.05 bits per heavy atom. The summed E-state index contributed by atoms with van der Waals surface area (Å²) in [4.78, 5) is 9.61. The smallest absolute Gasteiger partial charge is 0.104 e. The number of aliphatic imine (C=N–C) groups is 1. The van der Waals surface area contributed by atoms with E-state index in [0.29, 0.717) is 0 Å². The minimum absolute atomic E-state index is 0.0546. The second kappa shape index (κ2) is 4.93. The molecule has 1 aromatic heterocycles. The molecule has 0 aromatic carbocycles. The number of dihydropyridines is 1. The first-order valence-corrected chi connectivity index (χ1v) is 7.22. The summed E-state index contributed by atoms with van der Waals surface area (Å²) in [7, 11) is 0. The fraction of sp³-hybridized carbons (Fsp3) is 0.375. The van der Waals surface area contributed by atoms with E-state index < -0.39 is 0 Å². The van der Waals surface area contributed by atoms with E-state index in [1.807, 2.05) is 6.08 Å². The van der Waals surface area contributed by atoms with Crippen molar-refractivity contribution < 1.29 is 0 Å². The van der Waals surface area contributed by atoms with Crippen molar-refractivity contribution in [1.82, 2.24) is 4.98 Å². The summed E-state index contributed by atoms with van der Waals surface area (Å²) in [5.41, 5.74) is 4.43. The average Bonchev–Trinajstić information content (AvgIpc) is 2.46. The SMILES string of the molecule is CCC1=N[C@H]2c3nc(CC)ccc3C=CC2C(Cl)=C1. The lowest BCUT2D eigenvalue weighted by Crippen LogP contribution is -2.21. The topological polar surface area (TPSA) is 25.2 Å². The van der Waals surface area contributed by atoms with Gasteiger partial charge in [-0.2, -0.15) is 0 Å². The van der Waals surface area contributed by atoms with Crippen LogP contribution in [0.1, 0.15) is 43.3 Å². The van der Waals surface area contributed by atoms with Crippen LogP contribution in [-0.2, 0) is 6.42 Å². The molecule has 0 fully saturated rings. The van der Waals surface area contributed by atoms with Gasteiger partial charge >= 0.3 is 0 Å². The monoisotopic (exact) mass is 272 g/mol. The highest BCUT2D eigenvalue weighted by atomic mass is 35.5. The van der Waals surface area contributed by atoms with E-state index in [0.717, 1.165) is 35.0 Å². The maximum Gasteiger partial charge on any atom is 0.104 e. The van der Waals surface area contributed by atoms with Gasteiger partial charge in [0.05, 0.1) is 5.69 Å². The molecule has 0 bridgehead atoms. The van der Waals surface area contributed by atoms with Gasteiger partial charge in [-0.05, 0) is 30.5 Å². The van der Waals surface area contributed by atoms with Crippen LogP contribution in [0.15, 0.2) is 34.3 Å². The Balaban J connectivity index is 2.11. The lowest BCUT2D eigenvalue weighted by Gasteiger charge is -2.29. The summed E-state index contributed by atoms with van der Waals surface area (Å²) in [6.45, 7) is 4.23. The zero-order chi connectivity index (χ0) is 13.4. The molecule has 0 radical (unpaired) electrons. The van der Waals surface area contributed by atoms with Gasteiger partial charge in [-0.1, -0.05) is 43.7 Å². The molecule has 0 saturated heterocycles. The predicted octanol–water partition coefficient (Wildman–Crippen LogP) is 4.32. The Labute approximate surface area is 118 Å². The first-order chi connectivity index (χ1) is 9.22. The maximum absolute atomic E-state index is 6.41. The standard InChI is InChI=1S/C16H17ClN2/c1-3-11-7-5-10-6-8-13-14(17)9-12(4-2)19-16(13)15(10)18-11/h5-9,13,16H,3-4H2,1-2H3/t13?,16-/m1/s1. The molecule has 1 aromatic rings. The van der Waals surface area contributed by atoms with Gasteiger partial charge in [0, 0.05) is 22.4 Å². The van der Waals surface area contributed by atoms with Crippen molar-refractivity contribution in [1.29, 1.82) is 0 Å². The molecule has 1 aliphatic heterocycles. The molecule has 0 N–H and O–H groups in total. The Bertz CT molecular complexity index is 599. The second-order valence-corrected chi connectivity index (χ2v) is 5.40. The number of nitrogens with zero attached hydrogens (tertiary/aromatic N) is 2. The number of allylic oxidation sites excluding steroid dienone is 1. The quantitative estimate of drug-likeness (QED) is 0.787. The summed E-state index contributed by atoms with van der Waals surface area (Å²) in [6, 6.07) is 4.29. The normalized spacial score (nSPS) is 24.4. The van der Waals surface area contributed by atoms with E-state index in [1.165, 1.54) is 5.56 Å². The van der Waals surface area contributed by atoms with E-state index in [4.69, 9.17) is 21.6 Å². The van der Waals surface area contributed by atoms with Gasteiger partial charge in [-0.15, -0.1) is 0 Å². The molecule has 2 heterocycles. The Kier molecular flexibility index (Phi) is 3.28. The van der Waals surface area contributed by atoms with Crippen LogP contribution in [0.25, 0.3) is 6.08 Å². The Morgan fingerprint density at radius 3 is 2.79 bits per heavy atom. The number of hydrogen-bond donors (Lipinski definition) is 0. The summed E-state index contributed by atoms with van der Waals surface area (Å²) in [5.74, 6) is 0.157. The predicted molar refractivity (Wildman–Crippen MR) is 80.5 cm³/mol. The zero-order valence-corrected chi connectivity index (χ0v) is 12.0. The number of aromatic nitrogens is 1. The van der Waals surface area contributed by atoms with Crippen LogP contribution in [0.3, 0.4) is 0 Å². The van der Waals surface area contributed by atoms with Gasteiger partial charge in [-0.25, -0.2) is 0 Å². The molecule has 2 aliphatic rings. The first kappa shape index (κ1) is 12.6. The van der Waals surface area contributed by atoms with Crippen molar-refractivity contribution in [2.24, 2.45) is 10.9 Å². The fourth-order valence-electron chi connectivity index (χ4n) is 2.63. The molecule has 3 heteroatoms. The highest BCUT2D eigenvalue weighted by Gasteiger charge is 2.32. The van der Waals surface area contributed by atoms with Crippen LogP contribution in [-0.4, -0.2) is 10.7 Å². The van der Waals surface area contributed by atoms with Crippen LogP contribution in [0.4, 0.5) is 0 Å². The van der Waals surface area contributed by atoms with Crippen molar-refractivity contribution in [3.63, 3.8) is 0 Å². The molecule has 0 saturated carbocycles. The highest BCUT2D eigenvalue weighted by Crippen LogP contribution is 2.41. The van der Waals surface area contributed by atoms with Gasteiger partial charge in [-0.3, -0.25) is 9.98 Å². The average molecular weight is 273 g/mol. The van der Waals surface area contributed by atoms with Gasteiger partial charge in [0.25, 0.3) is 0 Å². The van der Waals surface area contributed by atoms with Crippen molar-refractivity contribution in [2.45, 2.75) is 32.7 Å². The molecule has 1 unspecified atom stereocenters. The lowest BCUT2D eigenvalue weighted by atomic mass is 9.85. The third-order valence-electron chi connectivity index (χ3n) is 3.77. The number of fused-ring (bicyclic) bond motifs is 3. The number of aryl methyl sites for hydroxylation is 1. The van der Waals surface area contributed by atoms with Crippen molar-refractivity contribution >= 4 is 23.4 Å². The summed E-state index contributed by atoms with van der Waals surface area (Å²) in [6.07, 6.45) is 8.12.